The molecule has 0 saturated heterocycles. The van der Waals surface area contributed by atoms with Crippen molar-refractivity contribution in [2.24, 2.45) is 4.99 Å². The van der Waals surface area contributed by atoms with Crippen LogP contribution in [0.5, 0.6) is 11.5 Å². The maximum atomic E-state index is 5.98. The van der Waals surface area contributed by atoms with Gasteiger partial charge in [-0.25, -0.2) is 0 Å². The molecule has 0 radical (unpaired) electrons. The lowest BCUT2D eigenvalue weighted by molar-refractivity contribution is 0.306. The van der Waals surface area contributed by atoms with Gasteiger partial charge in [-0.05, 0) is 78.7 Å². The predicted molar refractivity (Wildman–Crippen MR) is 107 cm³/mol. The minimum atomic E-state index is 0.486. The minimum Gasteiger partial charge on any atom is -0.494 e. The van der Waals surface area contributed by atoms with Crippen molar-refractivity contribution in [1.29, 1.82) is 0 Å². The summed E-state index contributed by atoms with van der Waals surface area (Å²) in [6.07, 6.45) is 1.83. The normalized spacial score (nSPS) is 10.8. The lowest BCUT2D eigenvalue weighted by atomic mass is 10.2. The molecule has 0 atom stereocenters. The van der Waals surface area contributed by atoms with E-state index >= 15 is 0 Å². The molecule has 0 unspecified atom stereocenters. The highest BCUT2D eigenvalue weighted by atomic mass is 35.5. The summed E-state index contributed by atoms with van der Waals surface area (Å²) in [7, 11) is 0. The molecule has 0 spiro atoms. The lowest BCUT2D eigenvalue weighted by Gasteiger charge is -2.06. The second-order valence-electron chi connectivity index (χ2n) is 5.67. The van der Waals surface area contributed by atoms with Crippen LogP contribution in [-0.2, 0) is 6.61 Å². The maximum Gasteiger partial charge on any atom is 0.119 e. The molecule has 0 amide bonds. The molecule has 0 heterocycles. The molecule has 0 fully saturated rings. The van der Waals surface area contributed by atoms with Gasteiger partial charge in [0.1, 0.15) is 18.1 Å². The Morgan fingerprint density at radius 1 is 0.885 bits per heavy atom. The van der Waals surface area contributed by atoms with Gasteiger partial charge in [0.25, 0.3) is 0 Å². The Kier molecular flexibility index (Phi) is 6.29. The van der Waals surface area contributed by atoms with Crippen molar-refractivity contribution in [3.8, 4) is 11.5 Å². The summed E-state index contributed by atoms with van der Waals surface area (Å²) in [5.74, 6) is 1.66. The smallest absolute Gasteiger partial charge is 0.119 e. The first kappa shape index (κ1) is 18.0. The second kappa shape index (κ2) is 9.07. The largest absolute Gasteiger partial charge is 0.494 e. The van der Waals surface area contributed by atoms with E-state index in [0.29, 0.717) is 18.2 Å². The van der Waals surface area contributed by atoms with Gasteiger partial charge in [-0.1, -0.05) is 23.7 Å². The van der Waals surface area contributed by atoms with E-state index in [2.05, 4.69) is 4.99 Å². The van der Waals surface area contributed by atoms with Gasteiger partial charge < -0.3 is 9.47 Å². The van der Waals surface area contributed by atoms with Crippen molar-refractivity contribution in [1.82, 2.24) is 0 Å². The average molecular weight is 366 g/mol. The fraction of sp³-hybridized carbons (Fsp3) is 0.136. The number of ether oxygens (including phenoxy) is 2. The fourth-order valence-corrected chi connectivity index (χ4v) is 2.60. The Labute approximate surface area is 158 Å². The predicted octanol–water partition coefficient (Wildman–Crippen LogP) is 6.07. The summed E-state index contributed by atoms with van der Waals surface area (Å²) in [5.41, 5.74) is 2.93. The van der Waals surface area contributed by atoms with Crippen molar-refractivity contribution in [2.75, 3.05) is 6.61 Å². The van der Waals surface area contributed by atoms with Crippen LogP contribution < -0.4 is 9.47 Å². The van der Waals surface area contributed by atoms with E-state index in [9.17, 15) is 0 Å². The number of nitrogens with zero attached hydrogens (tertiary/aromatic N) is 1. The molecule has 0 saturated carbocycles. The van der Waals surface area contributed by atoms with Crippen LogP contribution >= 0.6 is 11.6 Å². The Bertz CT molecular complexity index is 858. The third kappa shape index (κ3) is 5.36. The summed E-state index contributed by atoms with van der Waals surface area (Å²) in [6.45, 7) is 3.11. The van der Waals surface area contributed by atoms with E-state index in [4.69, 9.17) is 21.1 Å². The van der Waals surface area contributed by atoms with Crippen molar-refractivity contribution in [3.05, 3.63) is 88.9 Å². The highest BCUT2D eigenvalue weighted by Gasteiger charge is 1.98. The van der Waals surface area contributed by atoms with Gasteiger partial charge in [0.15, 0.2) is 0 Å². The number of aliphatic imine (C=N–C) groups is 1. The number of rotatable bonds is 7. The molecule has 4 heteroatoms. The van der Waals surface area contributed by atoms with E-state index in [1.54, 1.807) is 0 Å². The number of halogens is 1. The number of hydrogen-bond donors (Lipinski definition) is 0. The zero-order chi connectivity index (χ0) is 18.2. The molecule has 3 aromatic rings. The number of hydrogen-bond acceptors (Lipinski definition) is 3. The highest BCUT2D eigenvalue weighted by molar-refractivity contribution is 6.30. The zero-order valence-corrected chi connectivity index (χ0v) is 15.3. The molecule has 0 N–H and O–H groups in total. The first-order chi connectivity index (χ1) is 12.7. The minimum absolute atomic E-state index is 0.486. The molecule has 3 aromatic carbocycles. The average Bonchev–Trinajstić information content (AvgIpc) is 2.67. The van der Waals surface area contributed by atoms with Crippen LogP contribution in [0.1, 0.15) is 18.1 Å². The third-order valence-corrected chi connectivity index (χ3v) is 3.92. The summed E-state index contributed by atoms with van der Waals surface area (Å²) in [6, 6.07) is 23.2. The SMILES string of the molecule is CCOc1ccc(N=Cc2ccc(OCc3cccc(Cl)c3)cc2)cc1. The Hall–Kier alpha value is -2.78. The van der Waals surface area contributed by atoms with Crippen LogP contribution in [-0.4, -0.2) is 12.8 Å². The van der Waals surface area contributed by atoms with Crippen LogP contribution in [0.25, 0.3) is 0 Å². The molecular weight excluding hydrogens is 346 g/mol. The quantitative estimate of drug-likeness (QED) is 0.476. The Morgan fingerprint density at radius 3 is 2.27 bits per heavy atom. The van der Waals surface area contributed by atoms with Gasteiger partial charge in [0, 0.05) is 11.2 Å². The van der Waals surface area contributed by atoms with Crippen LogP contribution in [0.3, 0.4) is 0 Å². The standard InChI is InChI=1S/C22H20ClNO2/c1-2-25-21-12-8-20(9-13-21)24-15-17-6-10-22(11-7-17)26-16-18-4-3-5-19(23)14-18/h3-15H,2,16H2,1H3. The summed E-state index contributed by atoms with van der Waals surface area (Å²) in [5, 5.41) is 0.715. The molecule has 0 bridgehead atoms. The first-order valence-electron chi connectivity index (χ1n) is 8.47. The molecule has 0 aromatic heterocycles. The van der Waals surface area contributed by atoms with E-state index < -0.39 is 0 Å². The van der Waals surface area contributed by atoms with Crippen molar-refractivity contribution < 1.29 is 9.47 Å². The van der Waals surface area contributed by atoms with Crippen LogP contribution in [0.2, 0.25) is 5.02 Å². The van der Waals surface area contributed by atoms with Gasteiger partial charge in [0.2, 0.25) is 0 Å². The topological polar surface area (TPSA) is 30.8 Å². The van der Waals surface area contributed by atoms with Gasteiger partial charge in [-0.2, -0.15) is 0 Å². The summed E-state index contributed by atoms with van der Waals surface area (Å²) >= 11 is 5.98. The van der Waals surface area contributed by atoms with Crippen molar-refractivity contribution in [3.63, 3.8) is 0 Å². The lowest BCUT2D eigenvalue weighted by Crippen LogP contribution is -1.95. The third-order valence-electron chi connectivity index (χ3n) is 3.69. The van der Waals surface area contributed by atoms with E-state index in [-0.39, 0.29) is 0 Å². The molecule has 0 aliphatic carbocycles. The molecule has 3 rings (SSSR count). The molecule has 0 aliphatic rings. The summed E-state index contributed by atoms with van der Waals surface area (Å²) in [4.78, 5) is 4.47. The molecule has 132 valence electrons. The van der Waals surface area contributed by atoms with Gasteiger partial charge in [-0.3, -0.25) is 4.99 Å². The second-order valence-corrected chi connectivity index (χ2v) is 6.11. The van der Waals surface area contributed by atoms with E-state index in [1.165, 1.54) is 0 Å². The molecular formula is C22H20ClNO2. The fourth-order valence-electron chi connectivity index (χ4n) is 2.39. The first-order valence-corrected chi connectivity index (χ1v) is 8.85. The maximum absolute atomic E-state index is 5.98. The monoisotopic (exact) mass is 365 g/mol. The zero-order valence-electron chi connectivity index (χ0n) is 14.6. The Balaban J connectivity index is 1.56. The van der Waals surface area contributed by atoms with Gasteiger partial charge in [-0.15, -0.1) is 0 Å². The number of benzene rings is 3. The van der Waals surface area contributed by atoms with Crippen LogP contribution in [0, 0.1) is 0 Å². The van der Waals surface area contributed by atoms with E-state index in [1.807, 2.05) is 85.9 Å². The van der Waals surface area contributed by atoms with Crippen molar-refractivity contribution >= 4 is 23.5 Å². The van der Waals surface area contributed by atoms with E-state index in [0.717, 1.165) is 28.3 Å². The highest BCUT2D eigenvalue weighted by Crippen LogP contribution is 2.19. The van der Waals surface area contributed by atoms with Gasteiger partial charge in [0.05, 0.1) is 12.3 Å². The molecule has 0 aliphatic heterocycles. The van der Waals surface area contributed by atoms with Crippen LogP contribution in [0.15, 0.2) is 77.8 Å². The molecule has 26 heavy (non-hydrogen) atoms. The summed E-state index contributed by atoms with van der Waals surface area (Å²) < 4.78 is 11.2. The van der Waals surface area contributed by atoms with Gasteiger partial charge >= 0.3 is 0 Å². The molecule has 3 nitrogen and oxygen atoms in total. The Morgan fingerprint density at radius 2 is 1.58 bits per heavy atom. The van der Waals surface area contributed by atoms with Crippen molar-refractivity contribution in [2.45, 2.75) is 13.5 Å². The van der Waals surface area contributed by atoms with Crippen LogP contribution in [0.4, 0.5) is 5.69 Å².